The van der Waals surface area contributed by atoms with Crippen molar-refractivity contribution >= 4 is 50.5 Å². The Morgan fingerprint density at radius 2 is 1.81 bits per heavy atom. The highest BCUT2D eigenvalue weighted by atomic mass is 35.5. The van der Waals surface area contributed by atoms with Crippen molar-refractivity contribution in [2.75, 3.05) is 35.1 Å². The van der Waals surface area contributed by atoms with Crippen molar-refractivity contribution in [2.24, 2.45) is 5.92 Å². The fraction of sp³-hybridized carbons (Fsp3) is 0.409. The van der Waals surface area contributed by atoms with Gasteiger partial charge in [-0.1, -0.05) is 42.3 Å². The molecule has 1 unspecified atom stereocenters. The van der Waals surface area contributed by atoms with Crippen molar-refractivity contribution in [1.82, 2.24) is 5.32 Å². The Balaban J connectivity index is 1.61. The van der Waals surface area contributed by atoms with E-state index in [-0.39, 0.29) is 12.2 Å². The van der Waals surface area contributed by atoms with Crippen LogP contribution in [0.25, 0.3) is 0 Å². The van der Waals surface area contributed by atoms with E-state index < -0.39 is 15.9 Å². The van der Waals surface area contributed by atoms with Crippen molar-refractivity contribution in [1.29, 1.82) is 0 Å². The number of hydrogen-bond acceptors (Lipinski definition) is 4. The van der Waals surface area contributed by atoms with Crippen LogP contribution >= 0.6 is 23.2 Å². The van der Waals surface area contributed by atoms with Crippen molar-refractivity contribution in [3.63, 3.8) is 0 Å². The Hall–Kier alpha value is -1.96. The molecule has 0 aliphatic carbocycles. The van der Waals surface area contributed by atoms with E-state index in [0.717, 1.165) is 29.2 Å². The highest BCUT2D eigenvalue weighted by Crippen LogP contribution is 2.27. The second-order valence-corrected chi connectivity index (χ2v) is 10.8. The molecule has 1 amide bonds. The van der Waals surface area contributed by atoms with Gasteiger partial charge in [0.1, 0.15) is 6.54 Å². The lowest BCUT2D eigenvalue weighted by atomic mass is 9.99. The zero-order valence-electron chi connectivity index (χ0n) is 17.6. The molecule has 1 heterocycles. The minimum Gasteiger partial charge on any atom is -0.371 e. The number of nitrogens with one attached hydrogen (secondary N) is 1. The second-order valence-electron chi connectivity index (χ2n) is 8.03. The molecule has 3 rings (SSSR count). The van der Waals surface area contributed by atoms with Crippen molar-refractivity contribution in [3.8, 4) is 0 Å². The van der Waals surface area contributed by atoms with Crippen LogP contribution in [0, 0.1) is 5.92 Å². The van der Waals surface area contributed by atoms with Gasteiger partial charge in [0.2, 0.25) is 15.9 Å². The van der Waals surface area contributed by atoms with Crippen LogP contribution in [0.5, 0.6) is 0 Å². The first-order chi connectivity index (χ1) is 14.6. The van der Waals surface area contributed by atoms with Gasteiger partial charge in [-0.25, -0.2) is 8.42 Å². The quantitative estimate of drug-likeness (QED) is 0.636. The number of carbonyl (C=O) groups is 1. The van der Waals surface area contributed by atoms with Gasteiger partial charge in [-0.05, 0) is 54.7 Å². The van der Waals surface area contributed by atoms with Crippen LogP contribution in [0.3, 0.4) is 0 Å². The first-order valence-corrected chi connectivity index (χ1v) is 12.8. The van der Waals surface area contributed by atoms with Gasteiger partial charge in [0.15, 0.2) is 0 Å². The van der Waals surface area contributed by atoms with Gasteiger partial charge in [-0.15, -0.1) is 0 Å². The minimum absolute atomic E-state index is 0.246. The number of amides is 1. The van der Waals surface area contributed by atoms with Crippen molar-refractivity contribution < 1.29 is 13.2 Å². The molecule has 1 atom stereocenters. The Morgan fingerprint density at radius 3 is 2.39 bits per heavy atom. The fourth-order valence-corrected chi connectivity index (χ4v) is 5.07. The molecule has 1 fully saturated rings. The molecule has 0 spiro atoms. The molecular formula is C22H27Cl2N3O3S. The number of rotatable bonds is 7. The number of nitrogens with zero attached hydrogens (tertiary/aromatic N) is 2. The van der Waals surface area contributed by atoms with E-state index in [2.05, 4.69) is 29.3 Å². The predicted octanol–water partition coefficient (Wildman–Crippen LogP) is 4.31. The first-order valence-electron chi connectivity index (χ1n) is 10.2. The van der Waals surface area contributed by atoms with E-state index >= 15 is 0 Å². The van der Waals surface area contributed by atoms with Crippen LogP contribution in [0.1, 0.15) is 25.3 Å². The standard InChI is InChI=1S/C22H27Cl2N3O3S/c1-16-4-3-9-26(14-16)20-7-5-17(6-8-20)13-25-22(28)15-27(31(2,29)30)21-11-18(23)10-19(24)12-21/h5-8,10-12,16H,3-4,9,13-15H2,1-2H3,(H,25,28). The lowest BCUT2D eigenvalue weighted by Gasteiger charge is -2.32. The molecule has 31 heavy (non-hydrogen) atoms. The normalized spacial score (nSPS) is 16.8. The van der Waals surface area contributed by atoms with Gasteiger partial charge >= 0.3 is 0 Å². The van der Waals surface area contributed by atoms with E-state index in [1.165, 1.54) is 36.7 Å². The molecule has 1 saturated heterocycles. The maximum atomic E-state index is 12.5. The Kier molecular flexibility index (Phi) is 7.73. The minimum atomic E-state index is -3.70. The summed E-state index contributed by atoms with van der Waals surface area (Å²) >= 11 is 12.0. The van der Waals surface area contributed by atoms with Crippen molar-refractivity contribution in [3.05, 3.63) is 58.1 Å². The van der Waals surface area contributed by atoms with Crippen molar-refractivity contribution in [2.45, 2.75) is 26.3 Å². The summed E-state index contributed by atoms with van der Waals surface area (Å²) < 4.78 is 25.4. The predicted molar refractivity (Wildman–Crippen MR) is 128 cm³/mol. The summed E-state index contributed by atoms with van der Waals surface area (Å²) in [5.74, 6) is 0.273. The van der Waals surface area contributed by atoms with Gasteiger partial charge in [0, 0.05) is 35.4 Å². The largest absolute Gasteiger partial charge is 0.371 e. The van der Waals surface area contributed by atoms with Gasteiger partial charge in [0.25, 0.3) is 0 Å². The average molecular weight is 484 g/mol. The lowest BCUT2D eigenvalue weighted by molar-refractivity contribution is -0.119. The summed E-state index contributed by atoms with van der Waals surface area (Å²) in [4.78, 5) is 14.9. The maximum absolute atomic E-state index is 12.5. The molecule has 0 bridgehead atoms. The van der Waals surface area contributed by atoms with Gasteiger partial charge in [-0.3, -0.25) is 9.10 Å². The van der Waals surface area contributed by atoms with Crippen LogP contribution in [0.15, 0.2) is 42.5 Å². The van der Waals surface area contributed by atoms with E-state index in [4.69, 9.17) is 23.2 Å². The van der Waals surface area contributed by atoms with Crippen LogP contribution in [0.2, 0.25) is 10.0 Å². The zero-order valence-corrected chi connectivity index (χ0v) is 20.0. The summed E-state index contributed by atoms with van der Waals surface area (Å²) in [5.41, 5.74) is 2.37. The molecule has 2 aromatic carbocycles. The SMILES string of the molecule is CC1CCCN(c2ccc(CNC(=O)CN(c3cc(Cl)cc(Cl)c3)S(C)(=O)=O)cc2)C1. The van der Waals surface area contributed by atoms with E-state index in [0.29, 0.717) is 22.5 Å². The number of halogens is 2. The molecule has 0 radical (unpaired) electrons. The summed E-state index contributed by atoms with van der Waals surface area (Å²) in [7, 11) is -3.70. The third kappa shape index (κ3) is 6.76. The molecule has 1 aliphatic heterocycles. The topological polar surface area (TPSA) is 69.7 Å². The molecule has 1 aliphatic rings. The molecule has 0 saturated carbocycles. The maximum Gasteiger partial charge on any atom is 0.241 e. The number of piperidine rings is 1. The molecular weight excluding hydrogens is 457 g/mol. The van der Waals surface area contributed by atoms with Crippen LogP contribution in [0.4, 0.5) is 11.4 Å². The van der Waals surface area contributed by atoms with Gasteiger partial charge in [0.05, 0.1) is 11.9 Å². The highest BCUT2D eigenvalue weighted by Gasteiger charge is 2.22. The number of sulfonamides is 1. The van der Waals surface area contributed by atoms with E-state index in [1.807, 2.05) is 12.1 Å². The lowest BCUT2D eigenvalue weighted by Crippen LogP contribution is -2.40. The molecule has 9 heteroatoms. The Morgan fingerprint density at radius 1 is 1.16 bits per heavy atom. The number of hydrogen-bond donors (Lipinski definition) is 1. The molecule has 6 nitrogen and oxygen atoms in total. The van der Waals surface area contributed by atoms with Gasteiger partial charge < -0.3 is 10.2 Å². The molecule has 1 N–H and O–H groups in total. The fourth-order valence-electron chi connectivity index (χ4n) is 3.72. The molecule has 168 valence electrons. The summed E-state index contributed by atoms with van der Waals surface area (Å²) in [6.45, 7) is 4.34. The summed E-state index contributed by atoms with van der Waals surface area (Å²) in [6.07, 6.45) is 3.51. The third-order valence-corrected chi connectivity index (χ3v) is 6.85. The van der Waals surface area contributed by atoms with E-state index in [9.17, 15) is 13.2 Å². The molecule has 0 aromatic heterocycles. The van der Waals surface area contributed by atoms with E-state index in [1.54, 1.807) is 0 Å². The molecule has 2 aromatic rings. The Bertz CT molecular complexity index is 1010. The monoisotopic (exact) mass is 483 g/mol. The highest BCUT2D eigenvalue weighted by molar-refractivity contribution is 7.92. The second kappa shape index (κ2) is 10.1. The summed E-state index contributed by atoms with van der Waals surface area (Å²) in [6, 6.07) is 12.5. The Labute approximate surface area is 194 Å². The number of carbonyl (C=O) groups excluding carboxylic acids is 1. The average Bonchev–Trinajstić information content (AvgIpc) is 2.69. The number of benzene rings is 2. The van der Waals surface area contributed by atoms with Crippen LogP contribution < -0.4 is 14.5 Å². The smallest absolute Gasteiger partial charge is 0.241 e. The summed E-state index contributed by atoms with van der Waals surface area (Å²) in [5, 5.41) is 3.36. The zero-order chi connectivity index (χ0) is 22.6. The first kappa shape index (κ1) is 23.7. The number of anilines is 2. The van der Waals surface area contributed by atoms with Crippen LogP contribution in [-0.4, -0.2) is 40.2 Å². The van der Waals surface area contributed by atoms with Crippen LogP contribution in [-0.2, 0) is 21.4 Å². The van der Waals surface area contributed by atoms with Gasteiger partial charge in [-0.2, -0.15) is 0 Å². The third-order valence-electron chi connectivity index (χ3n) is 5.27.